The maximum Gasteiger partial charge on any atom is 0.255 e. The molecule has 1 aromatic heterocycles. The molecule has 0 saturated heterocycles. The van der Waals surface area contributed by atoms with Crippen molar-refractivity contribution in [1.82, 2.24) is 0 Å². The number of carbonyl (C=O) groups is 1. The van der Waals surface area contributed by atoms with Crippen LogP contribution in [0.1, 0.15) is 10.4 Å². The number of anilines is 1. The Bertz CT molecular complexity index is 1230. The second-order valence-electron chi connectivity index (χ2n) is 5.72. The summed E-state index contributed by atoms with van der Waals surface area (Å²) in [6, 6.07) is 15.3. The van der Waals surface area contributed by atoms with Gasteiger partial charge in [0.05, 0.1) is 10.8 Å². The third-order valence-corrected chi connectivity index (χ3v) is 4.23. The van der Waals surface area contributed by atoms with Crippen LogP contribution in [0.2, 0.25) is 5.02 Å². The standard InChI is InChI=1S/C20H11ClFNO3/c21-12-4-1-3-11(9-12)20(25)23-13-7-8-14-17(10-13)26-19-15(18(14)24)5-2-6-16(19)22/h1-10H,(H,23,25). The summed E-state index contributed by atoms with van der Waals surface area (Å²) in [5.41, 5.74) is 0.568. The predicted octanol–water partition coefficient (Wildman–Crippen LogP) is 4.99. The van der Waals surface area contributed by atoms with Crippen LogP contribution < -0.4 is 10.7 Å². The molecule has 26 heavy (non-hydrogen) atoms. The Morgan fingerprint density at radius 2 is 1.81 bits per heavy atom. The Hall–Kier alpha value is -3.18. The highest BCUT2D eigenvalue weighted by Gasteiger charge is 2.12. The topological polar surface area (TPSA) is 59.3 Å². The van der Waals surface area contributed by atoms with E-state index < -0.39 is 5.82 Å². The van der Waals surface area contributed by atoms with Crippen LogP contribution in [0.3, 0.4) is 0 Å². The molecule has 0 atom stereocenters. The van der Waals surface area contributed by atoms with Crippen molar-refractivity contribution in [1.29, 1.82) is 0 Å². The summed E-state index contributed by atoms with van der Waals surface area (Å²) in [4.78, 5) is 24.8. The summed E-state index contributed by atoms with van der Waals surface area (Å²) in [6.07, 6.45) is 0. The minimum absolute atomic E-state index is 0.108. The van der Waals surface area contributed by atoms with Crippen LogP contribution in [0.15, 0.2) is 69.9 Å². The maximum atomic E-state index is 13.9. The van der Waals surface area contributed by atoms with Crippen molar-refractivity contribution in [3.63, 3.8) is 0 Å². The van der Waals surface area contributed by atoms with Gasteiger partial charge in [-0.05, 0) is 42.5 Å². The largest absolute Gasteiger partial charge is 0.453 e. The molecule has 0 aliphatic rings. The van der Waals surface area contributed by atoms with Crippen molar-refractivity contribution in [3.05, 3.63) is 87.3 Å². The Morgan fingerprint density at radius 3 is 2.62 bits per heavy atom. The third-order valence-electron chi connectivity index (χ3n) is 3.99. The molecule has 1 N–H and O–H groups in total. The average molecular weight is 368 g/mol. The fourth-order valence-corrected chi connectivity index (χ4v) is 2.94. The van der Waals surface area contributed by atoms with Crippen molar-refractivity contribution in [2.75, 3.05) is 5.32 Å². The highest BCUT2D eigenvalue weighted by molar-refractivity contribution is 6.31. The van der Waals surface area contributed by atoms with Gasteiger partial charge in [0.1, 0.15) is 5.58 Å². The molecule has 3 aromatic carbocycles. The molecule has 0 bridgehead atoms. The summed E-state index contributed by atoms with van der Waals surface area (Å²) in [5, 5.41) is 3.64. The van der Waals surface area contributed by atoms with Gasteiger partial charge in [-0.3, -0.25) is 9.59 Å². The van der Waals surface area contributed by atoms with E-state index >= 15 is 0 Å². The molecule has 128 valence electrons. The first kappa shape index (κ1) is 16.3. The van der Waals surface area contributed by atoms with Gasteiger partial charge < -0.3 is 9.73 Å². The Morgan fingerprint density at radius 1 is 1.00 bits per heavy atom. The van der Waals surface area contributed by atoms with Crippen LogP contribution in [0.5, 0.6) is 0 Å². The number of hydrogen-bond acceptors (Lipinski definition) is 3. The number of para-hydroxylation sites is 1. The summed E-state index contributed by atoms with van der Waals surface area (Å²) in [7, 11) is 0. The lowest BCUT2D eigenvalue weighted by molar-refractivity contribution is 0.102. The molecule has 0 saturated carbocycles. The molecule has 4 rings (SSSR count). The number of benzene rings is 3. The first-order chi connectivity index (χ1) is 12.5. The molecule has 6 heteroatoms. The van der Waals surface area contributed by atoms with E-state index in [0.717, 1.165) is 0 Å². The minimum Gasteiger partial charge on any atom is -0.453 e. The quantitative estimate of drug-likeness (QED) is 0.508. The van der Waals surface area contributed by atoms with Gasteiger partial charge >= 0.3 is 0 Å². The molecule has 0 unspecified atom stereocenters. The van der Waals surface area contributed by atoms with E-state index in [0.29, 0.717) is 21.7 Å². The van der Waals surface area contributed by atoms with Crippen molar-refractivity contribution < 1.29 is 13.6 Å². The summed E-state index contributed by atoms with van der Waals surface area (Å²) >= 11 is 5.89. The summed E-state index contributed by atoms with van der Waals surface area (Å²) < 4.78 is 19.5. The van der Waals surface area contributed by atoms with Crippen LogP contribution in [-0.4, -0.2) is 5.91 Å². The van der Waals surface area contributed by atoms with E-state index in [1.54, 1.807) is 36.4 Å². The molecular weight excluding hydrogens is 357 g/mol. The molecule has 1 heterocycles. The van der Waals surface area contributed by atoms with Gasteiger partial charge in [-0.15, -0.1) is 0 Å². The highest BCUT2D eigenvalue weighted by Crippen LogP contribution is 2.24. The second kappa shape index (κ2) is 6.28. The van der Waals surface area contributed by atoms with E-state index in [9.17, 15) is 14.0 Å². The smallest absolute Gasteiger partial charge is 0.255 e. The molecular formula is C20H11ClFNO3. The van der Waals surface area contributed by atoms with Gasteiger partial charge in [-0.25, -0.2) is 4.39 Å². The number of amides is 1. The van der Waals surface area contributed by atoms with E-state index in [1.807, 2.05) is 0 Å². The molecule has 0 radical (unpaired) electrons. The monoisotopic (exact) mass is 367 g/mol. The van der Waals surface area contributed by atoms with E-state index in [4.69, 9.17) is 16.0 Å². The average Bonchev–Trinajstić information content (AvgIpc) is 2.63. The van der Waals surface area contributed by atoms with Gasteiger partial charge in [0.2, 0.25) is 5.43 Å². The van der Waals surface area contributed by atoms with E-state index in [-0.39, 0.29) is 27.9 Å². The molecule has 4 aromatic rings. The zero-order valence-electron chi connectivity index (χ0n) is 13.3. The SMILES string of the molecule is O=C(Nc1ccc2c(=O)c3cccc(F)c3oc2c1)c1cccc(Cl)c1. The van der Waals surface area contributed by atoms with Gasteiger partial charge in [0, 0.05) is 22.3 Å². The maximum absolute atomic E-state index is 13.9. The van der Waals surface area contributed by atoms with Crippen LogP contribution in [0, 0.1) is 5.82 Å². The molecule has 0 fully saturated rings. The van der Waals surface area contributed by atoms with Gasteiger partial charge in [0.25, 0.3) is 5.91 Å². The lowest BCUT2D eigenvalue weighted by Gasteiger charge is -2.07. The number of halogens is 2. The van der Waals surface area contributed by atoms with Gasteiger partial charge in [0.15, 0.2) is 11.4 Å². The Kier molecular flexibility index (Phi) is 3.93. The van der Waals surface area contributed by atoms with Crippen molar-refractivity contribution in [2.45, 2.75) is 0 Å². The van der Waals surface area contributed by atoms with Crippen LogP contribution in [0.4, 0.5) is 10.1 Å². The number of hydrogen-bond donors (Lipinski definition) is 1. The fourth-order valence-electron chi connectivity index (χ4n) is 2.75. The first-order valence-corrected chi connectivity index (χ1v) is 8.13. The van der Waals surface area contributed by atoms with E-state index in [2.05, 4.69) is 5.32 Å². The van der Waals surface area contributed by atoms with Crippen molar-refractivity contribution in [2.24, 2.45) is 0 Å². The Labute approximate surface area is 151 Å². The van der Waals surface area contributed by atoms with Crippen LogP contribution in [0.25, 0.3) is 21.9 Å². The second-order valence-corrected chi connectivity index (χ2v) is 6.16. The molecule has 4 nitrogen and oxygen atoms in total. The third kappa shape index (κ3) is 2.82. The number of fused-ring (bicyclic) bond motifs is 2. The molecule has 0 aliphatic carbocycles. The van der Waals surface area contributed by atoms with Crippen molar-refractivity contribution >= 4 is 45.1 Å². The zero-order valence-corrected chi connectivity index (χ0v) is 14.0. The molecule has 1 amide bonds. The molecule has 0 spiro atoms. The van der Waals surface area contributed by atoms with Crippen LogP contribution >= 0.6 is 11.6 Å². The lowest BCUT2D eigenvalue weighted by Crippen LogP contribution is -2.12. The minimum atomic E-state index is -0.616. The predicted molar refractivity (Wildman–Crippen MR) is 99.4 cm³/mol. The number of rotatable bonds is 2. The van der Waals surface area contributed by atoms with Crippen LogP contribution in [-0.2, 0) is 0 Å². The highest BCUT2D eigenvalue weighted by atomic mass is 35.5. The van der Waals surface area contributed by atoms with Gasteiger partial charge in [-0.1, -0.05) is 23.7 Å². The van der Waals surface area contributed by atoms with E-state index in [1.165, 1.54) is 24.3 Å². The molecule has 0 aliphatic heterocycles. The fraction of sp³-hybridized carbons (Fsp3) is 0. The number of nitrogens with one attached hydrogen (secondary N) is 1. The summed E-state index contributed by atoms with van der Waals surface area (Å²) in [6.45, 7) is 0. The van der Waals surface area contributed by atoms with Crippen molar-refractivity contribution in [3.8, 4) is 0 Å². The zero-order chi connectivity index (χ0) is 18.3. The Balaban J connectivity index is 1.78. The van der Waals surface area contributed by atoms with Gasteiger partial charge in [-0.2, -0.15) is 0 Å². The summed E-state index contributed by atoms with van der Waals surface area (Å²) in [5.74, 6) is -0.976. The lowest BCUT2D eigenvalue weighted by atomic mass is 10.1. The first-order valence-electron chi connectivity index (χ1n) is 7.75. The number of carbonyl (C=O) groups excluding carboxylic acids is 1. The normalized spacial score (nSPS) is 11.0.